The molecule has 1 N–H and O–H groups in total. The molecule has 2 nitrogen and oxygen atoms in total. The van der Waals surface area contributed by atoms with Gasteiger partial charge in [-0.05, 0) is 37.5 Å². The maximum absolute atomic E-state index is 3.61. The van der Waals surface area contributed by atoms with Crippen LogP contribution in [-0.2, 0) is 0 Å². The predicted molar refractivity (Wildman–Crippen MR) is 58.3 cm³/mol. The minimum atomic E-state index is 0.886. The topological polar surface area (TPSA) is 15.3 Å². The van der Waals surface area contributed by atoms with Crippen LogP contribution in [0.2, 0.25) is 0 Å². The van der Waals surface area contributed by atoms with Gasteiger partial charge in [-0.2, -0.15) is 0 Å². The quantitative estimate of drug-likeness (QED) is 0.729. The van der Waals surface area contributed by atoms with Crippen LogP contribution in [0.15, 0.2) is 0 Å². The van der Waals surface area contributed by atoms with E-state index in [9.17, 15) is 0 Å². The molecule has 0 aromatic rings. The second-order valence-electron chi connectivity index (χ2n) is 5.44. The SMILES string of the molecule is C1CC2CN(CCNC3CC3)CC2C1. The van der Waals surface area contributed by atoms with Gasteiger partial charge in [0.2, 0.25) is 0 Å². The van der Waals surface area contributed by atoms with E-state index >= 15 is 0 Å². The minimum absolute atomic E-state index is 0.886. The largest absolute Gasteiger partial charge is 0.313 e. The first-order valence-electron chi connectivity index (χ1n) is 6.37. The molecule has 3 aliphatic rings. The fourth-order valence-electron chi connectivity index (χ4n) is 3.23. The third-order valence-corrected chi connectivity index (χ3v) is 4.24. The third kappa shape index (κ3) is 1.96. The number of likely N-dealkylation sites (tertiary alicyclic amines) is 1. The van der Waals surface area contributed by atoms with E-state index < -0.39 is 0 Å². The summed E-state index contributed by atoms with van der Waals surface area (Å²) in [5.41, 5.74) is 0. The van der Waals surface area contributed by atoms with Crippen LogP contribution in [0.4, 0.5) is 0 Å². The van der Waals surface area contributed by atoms with Crippen molar-refractivity contribution in [3.05, 3.63) is 0 Å². The van der Waals surface area contributed by atoms with E-state index in [1.807, 2.05) is 0 Å². The molecule has 0 radical (unpaired) electrons. The van der Waals surface area contributed by atoms with Crippen molar-refractivity contribution in [2.75, 3.05) is 26.2 Å². The molecular formula is C12H22N2. The van der Waals surface area contributed by atoms with Gasteiger partial charge in [0.1, 0.15) is 0 Å². The zero-order chi connectivity index (χ0) is 9.38. The molecule has 80 valence electrons. The van der Waals surface area contributed by atoms with E-state index in [0.29, 0.717) is 0 Å². The van der Waals surface area contributed by atoms with Crippen LogP contribution in [0.25, 0.3) is 0 Å². The summed E-state index contributed by atoms with van der Waals surface area (Å²) in [7, 11) is 0. The van der Waals surface area contributed by atoms with Crippen molar-refractivity contribution in [2.45, 2.75) is 38.1 Å². The molecule has 0 spiro atoms. The highest BCUT2D eigenvalue weighted by atomic mass is 15.2. The van der Waals surface area contributed by atoms with Gasteiger partial charge in [-0.15, -0.1) is 0 Å². The Morgan fingerprint density at radius 1 is 1.00 bits per heavy atom. The standard InChI is InChI=1S/C12H22N2/c1-2-10-8-14(9-11(10)3-1)7-6-13-12-4-5-12/h10-13H,1-9H2. The lowest BCUT2D eigenvalue weighted by atomic mass is 10.0. The van der Waals surface area contributed by atoms with Gasteiger partial charge in [0.25, 0.3) is 0 Å². The summed E-state index contributed by atoms with van der Waals surface area (Å²) in [6, 6.07) is 0.886. The average Bonchev–Trinajstić information content (AvgIpc) is 2.73. The highest BCUT2D eigenvalue weighted by Gasteiger charge is 2.35. The number of hydrogen-bond donors (Lipinski definition) is 1. The molecule has 2 unspecified atom stereocenters. The average molecular weight is 194 g/mol. The fourth-order valence-corrected chi connectivity index (χ4v) is 3.23. The van der Waals surface area contributed by atoms with Crippen LogP contribution < -0.4 is 5.32 Å². The Morgan fingerprint density at radius 2 is 1.71 bits per heavy atom. The minimum Gasteiger partial charge on any atom is -0.313 e. The predicted octanol–water partition coefficient (Wildman–Crippen LogP) is 1.47. The summed E-state index contributed by atoms with van der Waals surface area (Å²) in [4.78, 5) is 2.68. The fraction of sp³-hybridized carbons (Fsp3) is 1.00. The molecule has 3 fully saturated rings. The van der Waals surface area contributed by atoms with Crippen molar-refractivity contribution in [3.63, 3.8) is 0 Å². The van der Waals surface area contributed by atoms with Crippen LogP contribution >= 0.6 is 0 Å². The highest BCUT2D eigenvalue weighted by Crippen LogP contribution is 2.37. The number of nitrogens with zero attached hydrogens (tertiary/aromatic N) is 1. The smallest absolute Gasteiger partial charge is 0.0107 e. The second kappa shape index (κ2) is 3.82. The summed E-state index contributed by atoms with van der Waals surface area (Å²) in [5, 5.41) is 3.61. The number of hydrogen-bond acceptors (Lipinski definition) is 2. The van der Waals surface area contributed by atoms with Crippen molar-refractivity contribution in [1.82, 2.24) is 10.2 Å². The van der Waals surface area contributed by atoms with Crippen molar-refractivity contribution in [3.8, 4) is 0 Å². The zero-order valence-corrected chi connectivity index (χ0v) is 9.04. The van der Waals surface area contributed by atoms with E-state index in [4.69, 9.17) is 0 Å². The lowest BCUT2D eigenvalue weighted by molar-refractivity contribution is 0.309. The van der Waals surface area contributed by atoms with Crippen molar-refractivity contribution < 1.29 is 0 Å². The van der Waals surface area contributed by atoms with Crippen molar-refractivity contribution >= 4 is 0 Å². The van der Waals surface area contributed by atoms with Gasteiger partial charge in [0.05, 0.1) is 0 Å². The Kier molecular flexibility index (Phi) is 2.50. The molecule has 3 rings (SSSR count). The Labute approximate surface area is 87.0 Å². The maximum Gasteiger partial charge on any atom is 0.0107 e. The molecule has 0 amide bonds. The Bertz CT molecular complexity index is 188. The lowest BCUT2D eigenvalue weighted by Crippen LogP contribution is -2.32. The third-order valence-electron chi connectivity index (χ3n) is 4.24. The first-order chi connectivity index (χ1) is 6.92. The molecule has 0 bridgehead atoms. The summed E-state index contributed by atoms with van der Waals surface area (Å²) < 4.78 is 0. The normalized spacial score (nSPS) is 37.7. The van der Waals surface area contributed by atoms with Crippen LogP contribution in [-0.4, -0.2) is 37.1 Å². The van der Waals surface area contributed by atoms with E-state index in [-0.39, 0.29) is 0 Å². The molecule has 2 atom stereocenters. The molecule has 1 aliphatic heterocycles. The van der Waals surface area contributed by atoms with Gasteiger partial charge < -0.3 is 10.2 Å². The lowest BCUT2D eigenvalue weighted by Gasteiger charge is -2.16. The molecule has 2 aliphatic carbocycles. The van der Waals surface area contributed by atoms with Gasteiger partial charge in [0, 0.05) is 32.2 Å². The molecule has 1 heterocycles. The van der Waals surface area contributed by atoms with E-state index in [0.717, 1.165) is 17.9 Å². The van der Waals surface area contributed by atoms with Gasteiger partial charge in [-0.3, -0.25) is 0 Å². The molecule has 0 aromatic heterocycles. The highest BCUT2D eigenvalue weighted by molar-refractivity contribution is 4.89. The maximum atomic E-state index is 3.61. The number of rotatable bonds is 4. The monoisotopic (exact) mass is 194 g/mol. The molecule has 2 heteroatoms. The zero-order valence-electron chi connectivity index (χ0n) is 9.04. The van der Waals surface area contributed by atoms with Crippen molar-refractivity contribution in [2.24, 2.45) is 11.8 Å². The Hall–Kier alpha value is -0.0800. The first kappa shape index (κ1) is 9.17. The second-order valence-corrected chi connectivity index (χ2v) is 5.44. The van der Waals surface area contributed by atoms with Gasteiger partial charge >= 0.3 is 0 Å². The number of nitrogens with one attached hydrogen (secondary N) is 1. The Balaban J connectivity index is 1.37. The molecule has 14 heavy (non-hydrogen) atoms. The summed E-state index contributed by atoms with van der Waals surface area (Å²) in [6.45, 7) is 5.32. The van der Waals surface area contributed by atoms with E-state index in [1.165, 1.54) is 58.3 Å². The van der Waals surface area contributed by atoms with Crippen LogP contribution in [0.3, 0.4) is 0 Å². The van der Waals surface area contributed by atoms with Gasteiger partial charge in [0.15, 0.2) is 0 Å². The van der Waals surface area contributed by atoms with E-state index in [1.54, 1.807) is 0 Å². The number of fused-ring (bicyclic) bond motifs is 1. The van der Waals surface area contributed by atoms with E-state index in [2.05, 4.69) is 10.2 Å². The molecule has 0 aromatic carbocycles. The van der Waals surface area contributed by atoms with Crippen LogP contribution in [0.5, 0.6) is 0 Å². The molecule has 1 saturated heterocycles. The first-order valence-corrected chi connectivity index (χ1v) is 6.37. The molecule has 2 saturated carbocycles. The summed E-state index contributed by atoms with van der Waals surface area (Å²) >= 11 is 0. The summed E-state index contributed by atoms with van der Waals surface area (Å²) in [6.07, 6.45) is 7.37. The molecular weight excluding hydrogens is 172 g/mol. The summed E-state index contributed by atoms with van der Waals surface area (Å²) in [5.74, 6) is 2.13. The van der Waals surface area contributed by atoms with Gasteiger partial charge in [-0.25, -0.2) is 0 Å². The van der Waals surface area contributed by atoms with Crippen molar-refractivity contribution in [1.29, 1.82) is 0 Å². The van der Waals surface area contributed by atoms with Crippen LogP contribution in [0.1, 0.15) is 32.1 Å². The van der Waals surface area contributed by atoms with Gasteiger partial charge in [-0.1, -0.05) is 6.42 Å². The van der Waals surface area contributed by atoms with Crippen LogP contribution in [0, 0.1) is 11.8 Å². The Morgan fingerprint density at radius 3 is 2.36 bits per heavy atom.